The number of carboxylic acid groups (broad SMARTS) is 1. The van der Waals surface area contributed by atoms with Crippen LogP contribution in [0, 0.1) is 0 Å². The fourth-order valence-electron chi connectivity index (χ4n) is 0.351. The standard InChI is InChI=1S/C6H9NO4.Na.H/c1-2-3-11-5(8)4-7-6(9)10;;/h2,7H,1,3-4H2,(H,9,10);;. The van der Waals surface area contributed by atoms with Crippen molar-refractivity contribution in [2.24, 2.45) is 0 Å². The molecule has 0 saturated carbocycles. The fourth-order valence-corrected chi connectivity index (χ4v) is 0.351. The van der Waals surface area contributed by atoms with Gasteiger partial charge in [0.05, 0.1) is 0 Å². The number of nitrogens with one attached hydrogen (secondary N) is 1. The molecule has 0 spiro atoms. The molecule has 0 bridgehead atoms. The summed E-state index contributed by atoms with van der Waals surface area (Å²) in [5.41, 5.74) is 0. The van der Waals surface area contributed by atoms with Crippen molar-refractivity contribution >= 4 is 41.6 Å². The topological polar surface area (TPSA) is 75.6 Å². The second-order valence-corrected chi connectivity index (χ2v) is 1.63. The van der Waals surface area contributed by atoms with E-state index in [9.17, 15) is 9.59 Å². The zero-order valence-corrected chi connectivity index (χ0v) is 5.87. The second-order valence-electron chi connectivity index (χ2n) is 1.63. The molecule has 0 aliphatic carbocycles. The molecular weight excluding hydrogens is 173 g/mol. The third kappa shape index (κ3) is 9.48. The molecule has 6 heteroatoms. The molecule has 0 atom stereocenters. The molecule has 64 valence electrons. The monoisotopic (exact) mass is 183 g/mol. The van der Waals surface area contributed by atoms with Gasteiger partial charge in [0.2, 0.25) is 0 Å². The molecule has 0 radical (unpaired) electrons. The number of esters is 1. The first-order chi connectivity index (χ1) is 5.16. The predicted molar refractivity (Wildman–Crippen MR) is 44.3 cm³/mol. The molecule has 1 amide bonds. The van der Waals surface area contributed by atoms with Crippen molar-refractivity contribution in [2.75, 3.05) is 13.2 Å². The van der Waals surface area contributed by atoms with Gasteiger partial charge in [-0.05, 0) is 0 Å². The van der Waals surface area contributed by atoms with E-state index in [4.69, 9.17) is 5.11 Å². The van der Waals surface area contributed by atoms with Gasteiger partial charge in [-0.3, -0.25) is 4.79 Å². The van der Waals surface area contributed by atoms with E-state index in [1.54, 1.807) is 0 Å². The van der Waals surface area contributed by atoms with Gasteiger partial charge in [-0.15, -0.1) is 0 Å². The molecule has 0 saturated heterocycles. The van der Waals surface area contributed by atoms with Crippen LogP contribution in [0.25, 0.3) is 0 Å². The number of rotatable bonds is 4. The van der Waals surface area contributed by atoms with Gasteiger partial charge in [-0.25, -0.2) is 4.79 Å². The molecular formula is C6H10NNaO4. The number of amides is 1. The van der Waals surface area contributed by atoms with E-state index in [0.717, 1.165) is 0 Å². The number of hydrogen-bond donors (Lipinski definition) is 2. The van der Waals surface area contributed by atoms with E-state index in [1.807, 2.05) is 5.32 Å². The maximum atomic E-state index is 10.5. The normalized spacial score (nSPS) is 7.67. The Kier molecular flexibility index (Phi) is 10.0. The number of carbonyl (C=O) groups excluding carboxylic acids is 1. The first kappa shape index (κ1) is 14.0. The van der Waals surface area contributed by atoms with E-state index >= 15 is 0 Å². The average Bonchev–Trinajstić information content (AvgIpc) is 1.97. The van der Waals surface area contributed by atoms with Crippen LogP contribution in [0.15, 0.2) is 12.7 Å². The SMILES string of the molecule is C=CCOC(=O)CNC(=O)O.[NaH]. The van der Waals surface area contributed by atoms with Crippen LogP contribution in [-0.4, -0.2) is 59.9 Å². The number of carbonyl (C=O) groups is 2. The number of ether oxygens (including phenoxy) is 1. The summed E-state index contributed by atoms with van der Waals surface area (Å²) in [6.07, 6.45) is 0.152. The summed E-state index contributed by atoms with van der Waals surface area (Å²) in [7, 11) is 0. The van der Waals surface area contributed by atoms with Crippen LogP contribution in [-0.2, 0) is 9.53 Å². The molecule has 0 heterocycles. The Labute approximate surface area is 92.1 Å². The molecule has 2 N–H and O–H groups in total. The van der Waals surface area contributed by atoms with Crippen molar-refractivity contribution in [3.8, 4) is 0 Å². The Bertz CT molecular complexity index is 171. The molecule has 0 aliphatic rings. The molecule has 12 heavy (non-hydrogen) atoms. The van der Waals surface area contributed by atoms with Crippen LogP contribution in [0.4, 0.5) is 4.79 Å². The van der Waals surface area contributed by atoms with E-state index in [2.05, 4.69) is 11.3 Å². The van der Waals surface area contributed by atoms with Crippen molar-refractivity contribution in [1.82, 2.24) is 5.32 Å². The van der Waals surface area contributed by atoms with Gasteiger partial charge in [0.15, 0.2) is 0 Å². The Morgan fingerprint density at radius 2 is 2.17 bits per heavy atom. The van der Waals surface area contributed by atoms with Crippen molar-refractivity contribution in [3.05, 3.63) is 12.7 Å². The molecule has 0 aromatic heterocycles. The third-order valence-corrected chi connectivity index (χ3v) is 0.746. The van der Waals surface area contributed by atoms with Crippen LogP contribution in [0.2, 0.25) is 0 Å². The van der Waals surface area contributed by atoms with Crippen LogP contribution >= 0.6 is 0 Å². The summed E-state index contributed by atoms with van der Waals surface area (Å²) >= 11 is 0. The van der Waals surface area contributed by atoms with Gasteiger partial charge in [0.25, 0.3) is 0 Å². The third-order valence-electron chi connectivity index (χ3n) is 0.746. The summed E-state index contributed by atoms with van der Waals surface area (Å²) in [5, 5.41) is 9.91. The molecule has 0 fully saturated rings. The van der Waals surface area contributed by atoms with E-state index in [0.29, 0.717) is 0 Å². The first-order valence-electron chi connectivity index (χ1n) is 2.90. The van der Waals surface area contributed by atoms with E-state index in [1.165, 1.54) is 6.08 Å². The summed E-state index contributed by atoms with van der Waals surface area (Å²) in [6.45, 7) is 3.08. The predicted octanol–water partition coefficient (Wildman–Crippen LogP) is -0.665. The van der Waals surface area contributed by atoms with Gasteiger partial charge in [0.1, 0.15) is 13.2 Å². The zero-order valence-electron chi connectivity index (χ0n) is 5.87. The quantitative estimate of drug-likeness (QED) is 0.344. The van der Waals surface area contributed by atoms with Crippen molar-refractivity contribution in [2.45, 2.75) is 0 Å². The Morgan fingerprint density at radius 3 is 2.58 bits per heavy atom. The maximum absolute atomic E-state index is 10.5. The van der Waals surface area contributed by atoms with Gasteiger partial charge in [-0.2, -0.15) is 0 Å². The summed E-state index contributed by atoms with van der Waals surface area (Å²) in [4.78, 5) is 20.3. The fraction of sp³-hybridized carbons (Fsp3) is 0.333. The van der Waals surface area contributed by atoms with Crippen LogP contribution in [0.3, 0.4) is 0 Å². The van der Waals surface area contributed by atoms with Gasteiger partial charge in [-0.1, -0.05) is 12.7 Å². The van der Waals surface area contributed by atoms with Crippen molar-refractivity contribution in [3.63, 3.8) is 0 Å². The van der Waals surface area contributed by atoms with Crippen LogP contribution < -0.4 is 5.32 Å². The zero-order chi connectivity index (χ0) is 8.69. The first-order valence-corrected chi connectivity index (χ1v) is 2.90. The minimum atomic E-state index is -1.25. The molecule has 0 aliphatic heterocycles. The van der Waals surface area contributed by atoms with Crippen LogP contribution in [0.5, 0.6) is 0 Å². The Hall–Kier alpha value is -0.520. The summed E-state index contributed by atoms with van der Waals surface area (Å²) < 4.78 is 4.46. The second kappa shape index (κ2) is 8.58. The average molecular weight is 183 g/mol. The van der Waals surface area contributed by atoms with E-state index in [-0.39, 0.29) is 42.7 Å². The summed E-state index contributed by atoms with van der Waals surface area (Å²) in [6, 6.07) is 0. The summed E-state index contributed by atoms with van der Waals surface area (Å²) in [5.74, 6) is -0.618. The minimum absolute atomic E-state index is 0. The van der Waals surface area contributed by atoms with E-state index < -0.39 is 12.1 Å². The Morgan fingerprint density at radius 1 is 1.58 bits per heavy atom. The molecule has 5 nitrogen and oxygen atoms in total. The molecule has 0 rings (SSSR count). The van der Waals surface area contributed by atoms with Crippen molar-refractivity contribution in [1.29, 1.82) is 0 Å². The molecule has 0 aromatic rings. The van der Waals surface area contributed by atoms with Gasteiger partial charge in [0, 0.05) is 0 Å². The van der Waals surface area contributed by atoms with Gasteiger partial charge < -0.3 is 15.2 Å². The molecule has 0 unspecified atom stereocenters. The number of hydrogen-bond acceptors (Lipinski definition) is 3. The van der Waals surface area contributed by atoms with Crippen molar-refractivity contribution < 1.29 is 19.4 Å². The van der Waals surface area contributed by atoms with Gasteiger partial charge >= 0.3 is 41.6 Å². The Balaban J connectivity index is 0. The van der Waals surface area contributed by atoms with Crippen LogP contribution in [0.1, 0.15) is 0 Å². The molecule has 0 aromatic carbocycles.